The first-order valence-electron chi connectivity index (χ1n) is 12.9. The summed E-state index contributed by atoms with van der Waals surface area (Å²) in [7, 11) is 1.15. The van der Waals surface area contributed by atoms with Gasteiger partial charge in [-0.15, -0.1) is 11.3 Å². The predicted molar refractivity (Wildman–Crippen MR) is 156 cm³/mol. The van der Waals surface area contributed by atoms with Crippen LogP contribution in [0.4, 0.5) is 19.3 Å². The Morgan fingerprint density at radius 3 is 2.72 bits per heavy atom. The molecule has 0 spiro atoms. The molecule has 1 atom stereocenters. The fourth-order valence-electron chi connectivity index (χ4n) is 4.00. The van der Waals surface area contributed by atoms with Crippen molar-refractivity contribution in [2.24, 2.45) is 5.73 Å². The first-order chi connectivity index (χ1) is 20.6. The van der Waals surface area contributed by atoms with Gasteiger partial charge in [-0.25, -0.2) is 18.6 Å². The zero-order valence-electron chi connectivity index (χ0n) is 22.8. The Labute approximate surface area is 247 Å². The summed E-state index contributed by atoms with van der Waals surface area (Å²) in [5, 5.41) is 5.51. The number of allylic oxidation sites excluding steroid dienone is 1. The van der Waals surface area contributed by atoms with Crippen molar-refractivity contribution in [2.75, 3.05) is 12.4 Å². The normalized spacial score (nSPS) is 11.8. The number of methoxy groups -OCH3 is 1. The Kier molecular flexibility index (Phi) is 10.2. The number of benzene rings is 2. The van der Waals surface area contributed by atoms with E-state index in [4.69, 9.17) is 10.5 Å². The summed E-state index contributed by atoms with van der Waals surface area (Å²) < 4.78 is 39.7. The molecule has 2 heterocycles. The second kappa shape index (κ2) is 14.2. The van der Waals surface area contributed by atoms with E-state index >= 15 is 0 Å². The molecule has 0 aliphatic rings. The molecule has 0 fully saturated rings. The molecule has 4 rings (SSSR count). The number of amides is 3. The molecule has 1 unspecified atom stereocenters. The van der Waals surface area contributed by atoms with Crippen molar-refractivity contribution in [1.82, 2.24) is 14.9 Å². The van der Waals surface area contributed by atoms with Crippen LogP contribution >= 0.6 is 11.3 Å². The fourth-order valence-corrected chi connectivity index (χ4v) is 5.03. The number of rotatable bonds is 12. The molecule has 224 valence electrons. The number of anilines is 1. The van der Waals surface area contributed by atoms with E-state index in [0.717, 1.165) is 25.3 Å². The zero-order valence-corrected chi connectivity index (χ0v) is 23.7. The SMILES string of the molecule is COC(=O)NC(CC/C=C/C(N)=O)C(=O)Nc1cccn(Cc2nc3cccc(OCc4ccc(F)cc4F)c3s2)c1=O. The Morgan fingerprint density at radius 1 is 1.16 bits per heavy atom. The smallest absolute Gasteiger partial charge is 0.407 e. The number of halogens is 2. The summed E-state index contributed by atoms with van der Waals surface area (Å²) in [6.45, 7) is -0.0391. The van der Waals surface area contributed by atoms with Crippen molar-refractivity contribution in [3.05, 3.63) is 99.4 Å². The van der Waals surface area contributed by atoms with E-state index in [1.54, 1.807) is 24.3 Å². The summed E-state index contributed by atoms with van der Waals surface area (Å²) in [5.41, 5.74) is 5.34. The van der Waals surface area contributed by atoms with Gasteiger partial charge in [0.2, 0.25) is 11.8 Å². The van der Waals surface area contributed by atoms with Crippen molar-refractivity contribution in [2.45, 2.75) is 32.0 Å². The molecule has 2 aromatic carbocycles. The number of nitrogens with one attached hydrogen (secondary N) is 2. The molecule has 11 nitrogen and oxygen atoms in total. The van der Waals surface area contributed by atoms with Crippen LogP contribution in [0.2, 0.25) is 0 Å². The minimum Gasteiger partial charge on any atom is -0.487 e. The Balaban J connectivity index is 1.48. The predicted octanol–water partition coefficient (Wildman–Crippen LogP) is 3.85. The number of nitrogens with zero attached hydrogens (tertiary/aromatic N) is 2. The van der Waals surface area contributed by atoms with E-state index in [9.17, 15) is 28.0 Å². The molecular formula is C29H27F2N5O6S. The molecular weight excluding hydrogens is 584 g/mol. The van der Waals surface area contributed by atoms with Gasteiger partial charge in [0.15, 0.2) is 0 Å². The first-order valence-corrected chi connectivity index (χ1v) is 13.7. The average Bonchev–Trinajstić information content (AvgIpc) is 3.39. The molecule has 3 amide bonds. The van der Waals surface area contributed by atoms with E-state index in [2.05, 4.69) is 20.4 Å². The van der Waals surface area contributed by atoms with Crippen LogP contribution in [0.1, 0.15) is 23.4 Å². The van der Waals surface area contributed by atoms with Gasteiger partial charge in [0.25, 0.3) is 5.56 Å². The highest BCUT2D eigenvalue weighted by Crippen LogP contribution is 2.32. The molecule has 4 aromatic rings. The Morgan fingerprint density at radius 2 is 1.98 bits per heavy atom. The van der Waals surface area contributed by atoms with Crippen molar-refractivity contribution in [3.63, 3.8) is 0 Å². The maximum absolute atomic E-state index is 14.0. The standard InChI is InChI=1S/C29H27F2N5O6S/c1-41-29(40)35-21(6-2-3-10-24(32)37)27(38)34-22-8-5-13-36(28(22)39)15-25-33-20-7-4-9-23(26(20)43-25)42-16-17-11-12-18(30)14-19(17)31/h3-5,7-14,21H,2,6,15-16H2,1H3,(H2,32,37)(H,34,38)(H,35,40)/b10-3+. The lowest BCUT2D eigenvalue weighted by molar-refractivity contribution is -0.118. The molecule has 0 saturated carbocycles. The molecule has 0 bridgehead atoms. The second-order valence-electron chi connectivity index (χ2n) is 9.15. The van der Waals surface area contributed by atoms with Crippen molar-refractivity contribution in [1.29, 1.82) is 0 Å². The summed E-state index contributed by atoms with van der Waals surface area (Å²) in [5.74, 6) is -2.25. The number of pyridine rings is 1. The monoisotopic (exact) mass is 611 g/mol. The van der Waals surface area contributed by atoms with Crippen LogP contribution in [0.15, 0.2) is 71.7 Å². The van der Waals surface area contributed by atoms with E-state index in [-0.39, 0.29) is 37.2 Å². The van der Waals surface area contributed by atoms with Gasteiger partial charge in [-0.05, 0) is 55.3 Å². The molecule has 0 aliphatic carbocycles. The number of aromatic nitrogens is 2. The minimum absolute atomic E-state index is 0.0247. The molecule has 0 saturated heterocycles. The van der Waals surface area contributed by atoms with Crippen LogP contribution in [0.5, 0.6) is 5.75 Å². The number of alkyl carbamates (subject to hydrolysis) is 1. The highest BCUT2D eigenvalue weighted by atomic mass is 32.1. The van der Waals surface area contributed by atoms with Gasteiger partial charge < -0.3 is 30.4 Å². The maximum Gasteiger partial charge on any atom is 0.407 e. The van der Waals surface area contributed by atoms with E-state index in [1.807, 2.05) is 0 Å². The van der Waals surface area contributed by atoms with Crippen molar-refractivity contribution < 1.29 is 32.6 Å². The van der Waals surface area contributed by atoms with Crippen LogP contribution in [-0.2, 0) is 27.5 Å². The van der Waals surface area contributed by atoms with Crippen LogP contribution < -0.4 is 26.7 Å². The fraction of sp³-hybridized carbons (Fsp3) is 0.207. The molecule has 0 radical (unpaired) electrons. The number of primary amides is 1. The molecule has 0 aliphatic heterocycles. The number of carbonyl (C=O) groups excluding carboxylic acids is 3. The maximum atomic E-state index is 14.0. The van der Waals surface area contributed by atoms with Crippen LogP contribution in [0.3, 0.4) is 0 Å². The lowest BCUT2D eigenvalue weighted by atomic mass is 10.1. The van der Waals surface area contributed by atoms with E-state index < -0.39 is 41.1 Å². The van der Waals surface area contributed by atoms with Crippen molar-refractivity contribution >= 4 is 45.1 Å². The topological polar surface area (TPSA) is 155 Å². The van der Waals surface area contributed by atoms with E-state index in [0.29, 0.717) is 21.0 Å². The molecule has 14 heteroatoms. The third-order valence-electron chi connectivity index (χ3n) is 6.10. The number of thiazole rings is 1. The quantitative estimate of drug-likeness (QED) is 0.206. The van der Waals surface area contributed by atoms with Crippen LogP contribution in [-0.4, -0.2) is 40.6 Å². The first kappa shape index (κ1) is 30.8. The summed E-state index contributed by atoms with van der Waals surface area (Å²) in [6, 6.07) is 10.4. The van der Waals surface area contributed by atoms with Crippen LogP contribution in [0, 0.1) is 11.6 Å². The average molecular weight is 612 g/mol. The Hall–Kier alpha value is -5.11. The van der Waals surface area contributed by atoms with E-state index in [1.165, 1.54) is 40.3 Å². The van der Waals surface area contributed by atoms with Gasteiger partial charge in [-0.2, -0.15) is 0 Å². The van der Waals surface area contributed by atoms with Gasteiger partial charge in [0.05, 0.1) is 23.9 Å². The highest BCUT2D eigenvalue weighted by molar-refractivity contribution is 7.19. The van der Waals surface area contributed by atoms with Gasteiger partial charge in [-0.3, -0.25) is 14.4 Å². The largest absolute Gasteiger partial charge is 0.487 e. The third-order valence-corrected chi connectivity index (χ3v) is 7.17. The number of carbonyl (C=O) groups is 3. The molecule has 4 N–H and O–H groups in total. The summed E-state index contributed by atoms with van der Waals surface area (Å²) >= 11 is 1.28. The van der Waals surface area contributed by atoms with Gasteiger partial charge in [-0.1, -0.05) is 12.1 Å². The number of fused-ring (bicyclic) bond motifs is 1. The Bertz CT molecular complexity index is 1740. The number of hydrogen-bond donors (Lipinski definition) is 3. The minimum atomic E-state index is -1.07. The van der Waals surface area contributed by atoms with Gasteiger partial charge in [0.1, 0.15) is 40.7 Å². The van der Waals surface area contributed by atoms with Crippen LogP contribution in [0.25, 0.3) is 10.2 Å². The zero-order chi connectivity index (χ0) is 30.9. The third kappa shape index (κ3) is 8.23. The van der Waals surface area contributed by atoms with Gasteiger partial charge >= 0.3 is 6.09 Å². The summed E-state index contributed by atoms with van der Waals surface area (Å²) in [4.78, 5) is 53.4. The highest BCUT2D eigenvalue weighted by Gasteiger charge is 2.22. The lowest BCUT2D eigenvalue weighted by Crippen LogP contribution is -2.44. The molecule has 43 heavy (non-hydrogen) atoms. The lowest BCUT2D eigenvalue weighted by Gasteiger charge is -2.17. The van der Waals surface area contributed by atoms with Crippen molar-refractivity contribution in [3.8, 4) is 5.75 Å². The molecule has 2 aromatic heterocycles. The van der Waals surface area contributed by atoms with Gasteiger partial charge in [0, 0.05) is 17.8 Å². The second-order valence-corrected chi connectivity index (χ2v) is 10.2. The summed E-state index contributed by atoms with van der Waals surface area (Å²) in [6.07, 6.45) is 3.66. The number of nitrogens with two attached hydrogens (primary N) is 1. The number of hydrogen-bond acceptors (Lipinski definition) is 8. The number of ether oxygens (including phenoxy) is 2.